The number of aryl methyl sites for hydroxylation is 2. The summed E-state index contributed by atoms with van der Waals surface area (Å²) in [5.41, 5.74) is 0.848. The minimum atomic E-state index is -3.80. The lowest BCUT2D eigenvalue weighted by atomic mass is 10.1. The van der Waals surface area contributed by atoms with Gasteiger partial charge in [0.2, 0.25) is 15.9 Å². The van der Waals surface area contributed by atoms with E-state index in [2.05, 4.69) is 5.16 Å². The zero-order valence-electron chi connectivity index (χ0n) is 17.4. The number of sulfonamides is 1. The van der Waals surface area contributed by atoms with E-state index in [4.69, 9.17) is 4.52 Å². The Morgan fingerprint density at radius 2 is 1.58 bits per heavy atom. The number of piperazine rings is 1. The van der Waals surface area contributed by atoms with E-state index >= 15 is 0 Å². The molecule has 31 heavy (non-hydrogen) atoms. The van der Waals surface area contributed by atoms with E-state index < -0.39 is 33.8 Å². The predicted octanol–water partition coefficient (Wildman–Crippen LogP) is 0.809. The Kier molecular flexibility index (Phi) is 5.18. The zero-order chi connectivity index (χ0) is 22.5. The molecule has 2 aromatic rings. The van der Waals surface area contributed by atoms with Crippen LogP contribution in [0.2, 0.25) is 0 Å². The van der Waals surface area contributed by atoms with Crippen LogP contribution >= 0.6 is 0 Å². The van der Waals surface area contributed by atoms with Crippen LogP contribution in [0.5, 0.6) is 0 Å². The summed E-state index contributed by atoms with van der Waals surface area (Å²) < 4.78 is 32.2. The molecule has 11 heteroatoms. The van der Waals surface area contributed by atoms with Gasteiger partial charge < -0.3 is 9.42 Å². The van der Waals surface area contributed by atoms with Crippen LogP contribution in [0.15, 0.2) is 33.7 Å². The Morgan fingerprint density at radius 3 is 2.06 bits per heavy atom. The molecule has 1 saturated heterocycles. The molecule has 0 spiro atoms. The first-order valence-electron chi connectivity index (χ1n) is 9.83. The second-order valence-electron chi connectivity index (χ2n) is 7.58. The van der Waals surface area contributed by atoms with E-state index in [-0.39, 0.29) is 53.7 Å². The summed E-state index contributed by atoms with van der Waals surface area (Å²) in [6.45, 7) is 5.09. The Hall–Kier alpha value is -3.05. The number of carbonyl (C=O) groups excluding carboxylic acids is 3. The maximum atomic E-state index is 13.0. The fourth-order valence-corrected chi connectivity index (χ4v) is 5.77. The van der Waals surface area contributed by atoms with Gasteiger partial charge in [0.15, 0.2) is 5.76 Å². The summed E-state index contributed by atoms with van der Waals surface area (Å²) in [4.78, 5) is 40.8. The van der Waals surface area contributed by atoms with Crippen LogP contribution in [0.1, 0.15) is 39.1 Å². The number of rotatable bonds is 4. The summed E-state index contributed by atoms with van der Waals surface area (Å²) in [7, 11) is -3.80. The van der Waals surface area contributed by atoms with Gasteiger partial charge in [-0.05, 0) is 32.9 Å². The lowest BCUT2D eigenvalue weighted by Gasteiger charge is -2.36. The number of hydrogen-bond acceptors (Lipinski definition) is 7. The summed E-state index contributed by atoms with van der Waals surface area (Å²) >= 11 is 0. The van der Waals surface area contributed by atoms with E-state index in [1.165, 1.54) is 23.1 Å². The lowest BCUT2D eigenvalue weighted by Crippen LogP contribution is -2.56. The largest absolute Gasteiger partial charge is 0.360 e. The first-order chi connectivity index (χ1) is 14.6. The van der Waals surface area contributed by atoms with Crippen LogP contribution in [0, 0.1) is 13.8 Å². The van der Waals surface area contributed by atoms with Crippen LogP contribution in [-0.2, 0) is 14.8 Å². The standard InChI is InChI=1S/C20H22N4O6S/c1-12-17(14(3)30-21-12)31(28,29)23-10-8-22(9-11-23)18(25)13(2)24-19(26)15-6-4-5-7-16(15)20(24)27/h4-7,13H,8-11H2,1-3H3. The Bertz CT molecular complexity index is 1130. The first kappa shape index (κ1) is 21.2. The molecule has 0 N–H and O–H groups in total. The average Bonchev–Trinajstić information content (AvgIpc) is 3.23. The maximum Gasteiger partial charge on any atom is 0.262 e. The molecule has 10 nitrogen and oxygen atoms in total. The molecule has 1 fully saturated rings. The highest BCUT2D eigenvalue weighted by Crippen LogP contribution is 2.27. The van der Waals surface area contributed by atoms with Gasteiger partial charge in [-0.3, -0.25) is 19.3 Å². The van der Waals surface area contributed by atoms with E-state index in [9.17, 15) is 22.8 Å². The van der Waals surface area contributed by atoms with Gasteiger partial charge in [-0.2, -0.15) is 4.31 Å². The Morgan fingerprint density at radius 1 is 1.03 bits per heavy atom. The highest BCUT2D eigenvalue weighted by Gasteiger charge is 2.42. The van der Waals surface area contributed by atoms with Crippen molar-refractivity contribution in [2.75, 3.05) is 26.2 Å². The van der Waals surface area contributed by atoms with Crippen molar-refractivity contribution in [3.63, 3.8) is 0 Å². The van der Waals surface area contributed by atoms with Crippen LogP contribution in [0.3, 0.4) is 0 Å². The summed E-state index contributed by atoms with van der Waals surface area (Å²) in [6.07, 6.45) is 0. The number of imide groups is 1. The molecule has 0 aliphatic carbocycles. The van der Waals surface area contributed by atoms with E-state index in [0.29, 0.717) is 0 Å². The predicted molar refractivity (Wildman–Crippen MR) is 108 cm³/mol. The zero-order valence-corrected chi connectivity index (χ0v) is 18.2. The van der Waals surface area contributed by atoms with Gasteiger partial charge in [-0.25, -0.2) is 8.42 Å². The van der Waals surface area contributed by atoms with E-state index in [1.807, 2.05) is 0 Å². The van der Waals surface area contributed by atoms with Crippen molar-refractivity contribution < 1.29 is 27.3 Å². The van der Waals surface area contributed by atoms with Crippen molar-refractivity contribution in [1.82, 2.24) is 19.3 Å². The molecule has 2 aliphatic rings. The third kappa shape index (κ3) is 3.33. The molecule has 1 aromatic heterocycles. The molecule has 0 saturated carbocycles. The topological polar surface area (TPSA) is 121 Å². The van der Waals surface area contributed by atoms with Crippen LogP contribution in [-0.4, -0.2) is 77.6 Å². The molecule has 0 bridgehead atoms. The molecular formula is C20H22N4O6S. The van der Waals surface area contributed by atoms with Crippen molar-refractivity contribution in [2.24, 2.45) is 0 Å². The number of amides is 3. The van der Waals surface area contributed by atoms with Crippen molar-refractivity contribution in [1.29, 1.82) is 0 Å². The molecule has 1 aromatic carbocycles. The minimum absolute atomic E-state index is 0.0478. The van der Waals surface area contributed by atoms with Gasteiger partial charge >= 0.3 is 0 Å². The quantitative estimate of drug-likeness (QED) is 0.637. The molecule has 4 rings (SSSR count). The first-order valence-corrected chi connectivity index (χ1v) is 11.3. The third-order valence-electron chi connectivity index (χ3n) is 5.69. The van der Waals surface area contributed by atoms with Crippen molar-refractivity contribution in [3.8, 4) is 0 Å². The number of fused-ring (bicyclic) bond motifs is 1. The number of benzene rings is 1. The van der Waals surface area contributed by atoms with E-state index in [0.717, 1.165) is 4.90 Å². The highest BCUT2D eigenvalue weighted by molar-refractivity contribution is 7.89. The number of aromatic nitrogens is 1. The molecule has 0 radical (unpaired) electrons. The summed E-state index contributed by atoms with van der Waals surface area (Å²) in [5.74, 6) is -1.18. The van der Waals surface area contributed by atoms with Crippen LogP contribution in [0.4, 0.5) is 0 Å². The van der Waals surface area contributed by atoms with E-state index in [1.54, 1.807) is 31.2 Å². The van der Waals surface area contributed by atoms with Gasteiger partial charge in [-0.1, -0.05) is 17.3 Å². The molecule has 164 valence electrons. The molecule has 1 unspecified atom stereocenters. The highest BCUT2D eigenvalue weighted by atomic mass is 32.2. The normalized spacial score (nSPS) is 18.4. The van der Waals surface area contributed by atoms with Crippen molar-refractivity contribution >= 4 is 27.7 Å². The van der Waals surface area contributed by atoms with Gasteiger partial charge in [-0.15, -0.1) is 0 Å². The van der Waals surface area contributed by atoms with Gasteiger partial charge in [0.05, 0.1) is 11.1 Å². The number of hydrogen-bond donors (Lipinski definition) is 0. The third-order valence-corrected chi connectivity index (χ3v) is 7.83. The van der Waals surface area contributed by atoms with Gasteiger partial charge in [0, 0.05) is 26.2 Å². The van der Waals surface area contributed by atoms with Crippen molar-refractivity contribution in [2.45, 2.75) is 31.7 Å². The molecule has 3 heterocycles. The monoisotopic (exact) mass is 446 g/mol. The molecule has 2 aliphatic heterocycles. The summed E-state index contributed by atoms with van der Waals surface area (Å²) in [6, 6.07) is 5.46. The van der Waals surface area contributed by atoms with Crippen LogP contribution < -0.4 is 0 Å². The SMILES string of the molecule is Cc1noc(C)c1S(=O)(=O)N1CCN(C(=O)C(C)N2C(=O)c3ccccc3C2=O)CC1. The molecule has 1 atom stereocenters. The second kappa shape index (κ2) is 7.57. The fourth-order valence-electron chi connectivity index (χ4n) is 4.06. The Balaban J connectivity index is 1.45. The fraction of sp³-hybridized carbons (Fsp3) is 0.400. The number of carbonyl (C=O) groups is 3. The summed E-state index contributed by atoms with van der Waals surface area (Å²) in [5, 5.41) is 3.70. The molecule has 3 amide bonds. The lowest BCUT2D eigenvalue weighted by molar-refractivity contribution is -0.136. The number of nitrogens with zero attached hydrogens (tertiary/aromatic N) is 4. The van der Waals surface area contributed by atoms with Gasteiger partial charge in [0.25, 0.3) is 11.8 Å². The van der Waals surface area contributed by atoms with Crippen LogP contribution in [0.25, 0.3) is 0 Å². The minimum Gasteiger partial charge on any atom is -0.360 e. The average molecular weight is 446 g/mol. The van der Waals surface area contributed by atoms with Crippen molar-refractivity contribution in [3.05, 3.63) is 46.8 Å². The Labute approximate surface area is 179 Å². The van der Waals surface area contributed by atoms with Gasteiger partial charge in [0.1, 0.15) is 16.6 Å². The maximum absolute atomic E-state index is 13.0. The smallest absolute Gasteiger partial charge is 0.262 e. The molecular weight excluding hydrogens is 424 g/mol. The second-order valence-corrected chi connectivity index (χ2v) is 9.46.